The Morgan fingerprint density at radius 1 is 1.18 bits per heavy atom. The maximum Gasteiger partial charge on any atom is 0.511 e. The number of aliphatic imine (C=N–C) groups is 1. The third-order valence-electron chi connectivity index (χ3n) is 4.70. The number of guanidine groups is 1. The van der Waals surface area contributed by atoms with E-state index in [0.717, 1.165) is 32.6 Å². The van der Waals surface area contributed by atoms with Gasteiger partial charge in [-0.05, 0) is 38.3 Å². The minimum atomic E-state index is -5.23. The number of nitrogens with one attached hydrogen (secondary N) is 2. The predicted octanol–water partition coefficient (Wildman–Crippen LogP) is 2.06. The van der Waals surface area contributed by atoms with Crippen molar-refractivity contribution in [3.63, 3.8) is 0 Å². The first-order chi connectivity index (χ1) is 12.7. The molecule has 1 fully saturated rings. The second-order valence-electron chi connectivity index (χ2n) is 6.61. The van der Waals surface area contributed by atoms with Crippen LogP contribution in [0.2, 0.25) is 0 Å². The van der Waals surface area contributed by atoms with Gasteiger partial charge in [0.05, 0.1) is 0 Å². The van der Waals surface area contributed by atoms with Crippen LogP contribution in [-0.4, -0.2) is 82.0 Å². The maximum absolute atomic E-state index is 12.6. The van der Waals surface area contributed by atoms with Crippen LogP contribution in [0.25, 0.3) is 0 Å². The van der Waals surface area contributed by atoms with Gasteiger partial charge in [-0.15, -0.1) is 24.0 Å². The molecule has 1 aliphatic rings. The number of hydrogen-bond donors (Lipinski definition) is 2. The largest absolute Gasteiger partial charge is 0.511 e. The number of piperidine rings is 1. The van der Waals surface area contributed by atoms with Gasteiger partial charge in [0.1, 0.15) is 0 Å². The Labute approximate surface area is 183 Å². The first kappa shape index (κ1) is 27.7. The Kier molecular flexibility index (Phi) is 12.9. The molecule has 0 spiro atoms. The van der Waals surface area contributed by atoms with Crippen LogP contribution < -0.4 is 10.6 Å². The molecular weight excluding hydrogens is 510 g/mol. The van der Waals surface area contributed by atoms with Crippen LogP contribution in [0.3, 0.4) is 0 Å². The number of sulfonamides is 1. The summed E-state index contributed by atoms with van der Waals surface area (Å²) < 4.78 is 61.2. The SMILES string of the molecule is CCCN(CC)CCNC(=NC)NCC1CCN(S(=O)(=O)C(F)(F)F)CC1.I. The molecule has 168 valence electrons. The smallest absolute Gasteiger partial charge is 0.356 e. The van der Waals surface area contributed by atoms with Crippen LogP contribution in [0.4, 0.5) is 13.2 Å². The van der Waals surface area contributed by atoms with Crippen molar-refractivity contribution in [3.05, 3.63) is 0 Å². The fourth-order valence-corrected chi connectivity index (χ4v) is 4.02. The standard InChI is InChI=1S/C16H32F3N5O2S.HI/c1-4-9-23(5-2)12-8-21-15(20-3)22-13-14-6-10-24(11-7-14)27(25,26)16(17,18)19;/h14H,4-13H2,1-3H3,(H2,20,21,22);1H. The lowest BCUT2D eigenvalue weighted by Gasteiger charge is -2.31. The van der Waals surface area contributed by atoms with Crippen molar-refractivity contribution < 1.29 is 21.6 Å². The summed E-state index contributed by atoms with van der Waals surface area (Å²) in [5.41, 5.74) is -5.23. The molecule has 0 aromatic rings. The van der Waals surface area contributed by atoms with Gasteiger partial charge in [0, 0.05) is 39.8 Å². The van der Waals surface area contributed by atoms with Crippen molar-refractivity contribution in [2.75, 3.05) is 52.9 Å². The van der Waals surface area contributed by atoms with E-state index in [9.17, 15) is 21.6 Å². The molecule has 0 saturated carbocycles. The van der Waals surface area contributed by atoms with Gasteiger partial charge >= 0.3 is 15.5 Å². The van der Waals surface area contributed by atoms with Crippen LogP contribution in [0.5, 0.6) is 0 Å². The van der Waals surface area contributed by atoms with Crippen molar-refractivity contribution in [3.8, 4) is 0 Å². The summed E-state index contributed by atoms with van der Waals surface area (Å²) >= 11 is 0. The normalized spacial score (nSPS) is 17.5. The zero-order valence-corrected chi connectivity index (χ0v) is 19.9. The van der Waals surface area contributed by atoms with Crippen molar-refractivity contribution >= 4 is 40.0 Å². The maximum atomic E-state index is 12.6. The molecule has 0 bridgehead atoms. The number of likely N-dealkylation sites (N-methyl/N-ethyl adjacent to an activating group) is 1. The quantitative estimate of drug-likeness (QED) is 0.265. The third-order valence-corrected chi connectivity index (χ3v) is 6.33. The fraction of sp³-hybridized carbons (Fsp3) is 0.938. The van der Waals surface area contributed by atoms with Gasteiger partial charge in [-0.1, -0.05) is 13.8 Å². The predicted molar refractivity (Wildman–Crippen MR) is 116 cm³/mol. The second-order valence-corrected chi connectivity index (χ2v) is 8.54. The van der Waals surface area contributed by atoms with Crippen molar-refractivity contribution in [1.29, 1.82) is 0 Å². The zero-order valence-electron chi connectivity index (χ0n) is 16.8. The van der Waals surface area contributed by atoms with E-state index in [1.165, 1.54) is 0 Å². The number of alkyl halides is 3. The van der Waals surface area contributed by atoms with Crippen molar-refractivity contribution in [2.45, 2.75) is 38.6 Å². The van der Waals surface area contributed by atoms with Crippen LogP contribution in [0.15, 0.2) is 4.99 Å². The molecule has 1 aliphatic heterocycles. The van der Waals surface area contributed by atoms with E-state index >= 15 is 0 Å². The summed E-state index contributed by atoms with van der Waals surface area (Å²) in [6.45, 7) is 8.27. The average molecular weight is 543 g/mol. The van der Waals surface area contributed by atoms with Crippen LogP contribution >= 0.6 is 24.0 Å². The molecule has 1 saturated heterocycles. The minimum Gasteiger partial charge on any atom is -0.356 e. The first-order valence-corrected chi connectivity index (χ1v) is 10.8. The number of hydrogen-bond acceptors (Lipinski definition) is 4. The van der Waals surface area contributed by atoms with Gasteiger partial charge < -0.3 is 15.5 Å². The molecule has 0 radical (unpaired) electrons. The summed E-state index contributed by atoms with van der Waals surface area (Å²) in [7, 11) is -3.55. The Balaban J connectivity index is 0.00000729. The molecule has 2 N–H and O–H groups in total. The first-order valence-electron chi connectivity index (χ1n) is 9.39. The summed E-state index contributed by atoms with van der Waals surface area (Å²) in [4.78, 5) is 6.48. The molecule has 12 heteroatoms. The van der Waals surface area contributed by atoms with Gasteiger partial charge in [0.15, 0.2) is 5.96 Å². The fourth-order valence-electron chi connectivity index (χ4n) is 3.04. The highest BCUT2D eigenvalue weighted by molar-refractivity contribution is 14.0. The molecular formula is C16H33F3IN5O2S. The molecule has 0 aromatic carbocycles. The number of halogens is 4. The van der Waals surface area contributed by atoms with E-state index < -0.39 is 15.5 Å². The van der Waals surface area contributed by atoms with E-state index in [1.54, 1.807) is 7.05 Å². The summed E-state index contributed by atoms with van der Waals surface area (Å²) in [5, 5.41) is 6.40. The monoisotopic (exact) mass is 543 g/mol. The Morgan fingerprint density at radius 2 is 1.79 bits per heavy atom. The van der Waals surface area contributed by atoms with E-state index in [-0.39, 0.29) is 43.0 Å². The molecule has 0 atom stereocenters. The van der Waals surface area contributed by atoms with Crippen molar-refractivity contribution in [1.82, 2.24) is 19.8 Å². The van der Waals surface area contributed by atoms with Gasteiger partial charge in [0.2, 0.25) is 0 Å². The Morgan fingerprint density at radius 3 is 2.25 bits per heavy atom. The van der Waals surface area contributed by atoms with E-state index in [2.05, 4.69) is 34.4 Å². The summed E-state index contributed by atoms with van der Waals surface area (Å²) in [6, 6.07) is 0. The lowest BCUT2D eigenvalue weighted by atomic mass is 9.98. The van der Waals surface area contributed by atoms with Gasteiger partial charge in [-0.2, -0.15) is 17.5 Å². The third kappa shape index (κ3) is 8.57. The van der Waals surface area contributed by atoms with E-state index in [4.69, 9.17) is 0 Å². The highest BCUT2D eigenvalue weighted by Gasteiger charge is 2.50. The summed E-state index contributed by atoms with van der Waals surface area (Å²) in [5.74, 6) is 0.753. The molecule has 1 heterocycles. The molecule has 0 aliphatic carbocycles. The van der Waals surface area contributed by atoms with Crippen molar-refractivity contribution in [2.24, 2.45) is 10.9 Å². The lowest BCUT2D eigenvalue weighted by molar-refractivity contribution is -0.0496. The molecule has 7 nitrogen and oxygen atoms in total. The zero-order chi connectivity index (χ0) is 20.5. The van der Waals surface area contributed by atoms with Gasteiger partial charge in [0.25, 0.3) is 0 Å². The molecule has 1 rings (SSSR count). The molecule has 0 aromatic heterocycles. The topological polar surface area (TPSA) is 77.0 Å². The molecule has 0 amide bonds. The Bertz CT molecular complexity index is 567. The average Bonchev–Trinajstić information content (AvgIpc) is 2.63. The van der Waals surface area contributed by atoms with Gasteiger partial charge in [-0.25, -0.2) is 8.42 Å². The highest BCUT2D eigenvalue weighted by Crippen LogP contribution is 2.30. The number of rotatable bonds is 9. The number of nitrogens with zero attached hydrogens (tertiary/aromatic N) is 3. The Hall–Kier alpha value is -0.340. The van der Waals surface area contributed by atoms with Crippen LogP contribution in [-0.2, 0) is 10.0 Å². The molecule has 0 unspecified atom stereocenters. The molecule has 28 heavy (non-hydrogen) atoms. The lowest BCUT2D eigenvalue weighted by Crippen LogP contribution is -2.47. The van der Waals surface area contributed by atoms with E-state index in [1.807, 2.05) is 0 Å². The van der Waals surface area contributed by atoms with Crippen LogP contribution in [0.1, 0.15) is 33.1 Å². The van der Waals surface area contributed by atoms with Gasteiger partial charge in [-0.3, -0.25) is 4.99 Å². The highest BCUT2D eigenvalue weighted by atomic mass is 127. The summed E-state index contributed by atoms with van der Waals surface area (Å²) in [6.07, 6.45) is 1.88. The van der Waals surface area contributed by atoms with Crippen LogP contribution in [0, 0.1) is 5.92 Å². The van der Waals surface area contributed by atoms with E-state index in [0.29, 0.717) is 29.7 Å². The second kappa shape index (κ2) is 13.1. The minimum absolute atomic E-state index is 0.